The SMILES string of the molecule is Cc1ccc(Oc2ccccc2NC(=O)c2ccc3c(c2)CCO3)cc1. The molecule has 0 atom stereocenters. The minimum Gasteiger partial charge on any atom is -0.493 e. The van der Waals surface area contributed by atoms with Crippen LogP contribution >= 0.6 is 0 Å². The summed E-state index contributed by atoms with van der Waals surface area (Å²) in [6.07, 6.45) is 0.837. The number of carbonyl (C=O) groups excluding carboxylic acids is 1. The number of fused-ring (bicyclic) bond motifs is 1. The summed E-state index contributed by atoms with van der Waals surface area (Å²) in [6.45, 7) is 2.70. The Balaban J connectivity index is 1.54. The molecule has 0 bridgehead atoms. The standard InChI is InChI=1S/C22H19NO3/c1-15-6-9-18(10-7-15)26-21-5-3-2-4-19(21)23-22(24)17-8-11-20-16(14-17)12-13-25-20/h2-11,14H,12-13H2,1H3,(H,23,24). The normalized spacial score (nSPS) is 12.2. The number of ether oxygens (including phenoxy) is 2. The van der Waals surface area contributed by atoms with Gasteiger partial charge >= 0.3 is 0 Å². The van der Waals surface area contributed by atoms with Gasteiger partial charge in [-0.2, -0.15) is 0 Å². The van der Waals surface area contributed by atoms with E-state index in [1.165, 1.54) is 5.56 Å². The lowest BCUT2D eigenvalue weighted by Crippen LogP contribution is -2.12. The van der Waals surface area contributed by atoms with Gasteiger partial charge in [-0.05, 0) is 55.0 Å². The van der Waals surface area contributed by atoms with Crippen molar-refractivity contribution in [2.24, 2.45) is 0 Å². The zero-order valence-electron chi connectivity index (χ0n) is 14.5. The number of amides is 1. The number of para-hydroxylation sites is 2. The number of hydrogen-bond donors (Lipinski definition) is 1. The van der Waals surface area contributed by atoms with Gasteiger partial charge in [0.25, 0.3) is 5.91 Å². The molecule has 0 unspecified atom stereocenters. The van der Waals surface area contributed by atoms with Crippen molar-refractivity contribution in [2.45, 2.75) is 13.3 Å². The van der Waals surface area contributed by atoms with Gasteiger partial charge < -0.3 is 14.8 Å². The first kappa shape index (κ1) is 16.2. The first-order valence-electron chi connectivity index (χ1n) is 8.60. The minimum atomic E-state index is -0.167. The van der Waals surface area contributed by atoms with Crippen LogP contribution in [0, 0.1) is 6.92 Å². The Bertz CT molecular complexity index is 948. The molecular formula is C22H19NO3. The van der Waals surface area contributed by atoms with Crippen LogP contribution in [-0.4, -0.2) is 12.5 Å². The van der Waals surface area contributed by atoms with E-state index in [0.717, 1.165) is 23.5 Å². The topological polar surface area (TPSA) is 47.6 Å². The van der Waals surface area contributed by atoms with Gasteiger partial charge in [-0.15, -0.1) is 0 Å². The highest BCUT2D eigenvalue weighted by atomic mass is 16.5. The molecule has 1 aliphatic heterocycles. The summed E-state index contributed by atoms with van der Waals surface area (Å²) in [5.74, 6) is 2.03. The molecule has 0 aromatic heterocycles. The van der Waals surface area contributed by atoms with Gasteiger partial charge in [-0.1, -0.05) is 29.8 Å². The maximum absolute atomic E-state index is 12.7. The van der Waals surface area contributed by atoms with Crippen molar-refractivity contribution in [3.63, 3.8) is 0 Å². The number of hydrogen-bond acceptors (Lipinski definition) is 3. The summed E-state index contributed by atoms with van der Waals surface area (Å²) < 4.78 is 11.4. The summed E-state index contributed by atoms with van der Waals surface area (Å²) in [7, 11) is 0. The van der Waals surface area contributed by atoms with Crippen molar-refractivity contribution in [3.05, 3.63) is 83.4 Å². The van der Waals surface area contributed by atoms with E-state index in [1.54, 1.807) is 6.07 Å². The highest BCUT2D eigenvalue weighted by molar-refractivity contribution is 6.05. The third-order valence-electron chi connectivity index (χ3n) is 4.34. The number of benzene rings is 3. The first-order chi connectivity index (χ1) is 12.7. The van der Waals surface area contributed by atoms with E-state index in [2.05, 4.69) is 5.32 Å². The monoisotopic (exact) mass is 345 g/mol. The molecule has 0 fully saturated rings. The zero-order chi connectivity index (χ0) is 17.9. The Labute approximate surface area is 152 Å². The van der Waals surface area contributed by atoms with Crippen molar-refractivity contribution in [3.8, 4) is 17.2 Å². The summed E-state index contributed by atoms with van der Waals surface area (Å²) in [4.78, 5) is 12.7. The van der Waals surface area contributed by atoms with E-state index in [9.17, 15) is 4.79 Å². The fraction of sp³-hybridized carbons (Fsp3) is 0.136. The van der Waals surface area contributed by atoms with Gasteiger partial charge in [-0.3, -0.25) is 4.79 Å². The van der Waals surface area contributed by atoms with Crippen LogP contribution in [0.4, 0.5) is 5.69 Å². The molecule has 3 aromatic rings. The third kappa shape index (κ3) is 3.40. The number of nitrogens with one attached hydrogen (secondary N) is 1. The summed E-state index contributed by atoms with van der Waals surface area (Å²) in [6, 6.07) is 20.7. The Morgan fingerprint density at radius 1 is 1.04 bits per heavy atom. The molecular weight excluding hydrogens is 326 g/mol. The highest BCUT2D eigenvalue weighted by Gasteiger charge is 2.16. The van der Waals surface area contributed by atoms with Gasteiger partial charge in [0.15, 0.2) is 5.75 Å². The lowest BCUT2D eigenvalue weighted by atomic mass is 10.1. The first-order valence-corrected chi connectivity index (χ1v) is 8.60. The Hall–Kier alpha value is -3.27. The Morgan fingerprint density at radius 3 is 2.69 bits per heavy atom. The van der Waals surface area contributed by atoms with Crippen LogP contribution in [0.15, 0.2) is 66.7 Å². The van der Waals surface area contributed by atoms with Gasteiger partial charge in [-0.25, -0.2) is 0 Å². The maximum Gasteiger partial charge on any atom is 0.255 e. The molecule has 1 amide bonds. The van der Waals surface area contributed by atoms with Crippen LogP contribution in [0.5, 0.6) is 17.2 Å². The molecule has 4 rings (SSSR count). The largest absolute Gasteiger partial charge is 0.493 e. The van der Waals surface area contributed by atoms with Crippen LogP contribution in [0.25, 0.3) is 0 Å². The number of aryl methyl sites for hydroxylation is 1. The molecule has 0 aliphatic carbocycles. The van der Waals surface area contributed by atoms with E-state index < -0.39 is 0 Å². The molecule has 0 radical (unpaired) electrons. The number of rotatable bonds is 4. The Morgan fingerprint density at radius 2 is 1.85 bits per heavy atom. The Kier molecular flexibility index (Phi) is 4.32. The molecule has 26 heavy (non-hydrogen) atoms. The fourth-order valence-corrected chi connectivity index (χ4v) is 2.91. The van der Waals surface area contributed by atoms with Crippen molar-refractivity contribution in [2.75, 3.05) is 11.9 Å². The third-order valence-corrected chi connectivity index (χ3v) is 4.34. The molecule has 4 nitrogen and oxygen atoms in total. The molecule has 0 saturated carbocycles. The van der Waals surface area contributed by atoms with Crippen molar-refractivity contribution in [1.82, 2.24) is 0 Å². The van der Waals surface area contributed by atoms with Crippen LogP contribution in [0.1, 0.15) is 21.5 Å². The second-order valence-electron chi connectivity index (χ2n) is 6.29. The van der Waals surface area contributed by atoms with Crippen LogP contribution in [0.3, 0.4) is 0 Å². The van der Waals surface area contributed by atoms with Gasteiger partial charge in [0.1, 0.15) is 11.5 Å². The fourth-order valence-electron chi connectivity index (χ4n) is 2.91. The highest BCUT2D eigenvalue weighted by Crippen LogP contribution is 2.30. The quantitative estimate of drug-likeness (QED) is 0.726. The lowest BCUT2D eigenvalue weighted by molar-refractivity contribution is 0.102. The second kappa shape index (κ2) is 6.92. The lowest BCUT2D eigenvalue weighted by Gasteiger charge is -2.13. The number of anilines is 1. The summed E-state index contributed by atoms with van der Waals surface area (Å²) in [5, 5.41) is 2.94. The maximum atomic E-state index is 12.7. The van der Waals surface area contributed by atoms with Crippen molar-refractivity contribution in [1.29, 1.82) is 0 Å². The van der Waals surface area contributed by atoms with E-state index in [4.69, 9.17) is 9.47 Å². The van der Waals surface area contributed by atoms with E-state index in [0.29, 0.717) is 23.6 Å². The summed E-state index contributed by atoms with van der Waals surface area (Å²) in [5.41, 5.74) is 3.48. The number of carbonyl (C=O) groups is 1. The predicted octanol–water partition coefficient (Wildman–Crippen LogP) is 4.97. The van der Waals surface area contributed by atoms with E-state index in [-0.39, 0.29) is 5.91 Å². The van der Waals surface area contributed by atoms with Gasteiger partial charge in [0, 0.05) is 12.0 Å². The molecule has 1 N–H and O–H groups in total. The van der Waals surface area contributed by atoms with Gasteiger partial charge in [0.2, 0.25) is 0 Å². The average molecular weight is 345 g/mol. The minimum absolute atomic E-state index is 0.167. The van der Waals surface area contributed by atoms with Crippen molar-refractivity contribution < 1.29 is 14.3 Å². The molecule has 130 valence electrons. The molecule has 0 saturated heterocycles. The average Bonchev–Trinajstić information content (AvgIpc) is 3.13. The molecule has 4 heteroatoms. The molecule has 1 aliphatic rings. The van der Waals surface area contributed by atoms with Crippen molar-refractivity contribution >= 4 is 11.6 Å². The van der Waals surface area contributed by atoms with Crippen LogP contribution in [0.2, 0.25) is 0 Å². The van der Waals surface area contributed by atoms with E-state index >= 15 is 0 Å². The second-order valence-corrected chi connectivity index (χ2v) is 6.29. The molecule has 1 heterocycles. The summed E-state index contributed by atoms with van der Waals surface area (Å²) >= 11 is 0. The van der Waals surface area contributed by atoms with Gasteiger partial charge in [0.05, 0.1) is 12.3 Å². The molecule has 3 aromatic carbocycles. The predicted molar refractivity (Wildman–Crippen MR) is 101 cm³/mol. The van der Waals surface area contributed by atoms with Crippen LogP contribution in [-0.2, 0) is 6.42 Å². The smallest absolute Gasteiger partial charge is 0.255 e. The molecule has 0 spiro atoms. The zero-order valence-corrected chi connectivity index (χ0v) is 14.5. The van der Waals surface area contributed by atoms with E-state index in [1.807, 2.05) is 67.6 Å². The van der Waals surface area contributed by atoms with Crippen LogP contribution < -0.4 is 14.8 Å².